The quantitative estimate of drug-likeness (QED) is 0.366. The molecule has 1 aromatic heterocycles. The Morgan fingerprint density at radius 1 is 1.00 bits per heavy atom. The predicted octanol–water partition coefficient (Wildman–Crippen LogP) is 4.10. The summed E-state index contributed by atoms with van der Waals surface area (Å²) in [6, 6.07) is 12.2. The van der Waals surface area contributed by atoms with E-state index >= 15 is 0 Å². The van der Waals surface area contributed by atoms with Gasteiger partial charge in [0, 0.05) is 22.4 Å². The maximum absolute atomic E-state index is 10.3. The van der Waals surface area contributed by atoms with E-state index in [1.165, 1.54) is 6.07 Å². The number of halogens is 1. The lowest BCUT2D eigenvalue weighted by Gasteiger charge is -1.98. The van der Waals surface area contributed by atoms with Crippen molar-refractivity contribution in [3.05, 3.63) is 76.5 Å². The van der Waals surface area contributed by atoms with Gasteiger partial charge < -0.3 is 20.4 Å². The number of pyridine rings is 1. The number of rotatable bonds is 3. The fourth-order valence-electron chi connectivity index (χ4n) is 1.86. The molecule has 0 amide bonds. The Labute approximate surface area is 163 Å². The predicted molar refractivity (Wildman–Crippen MR) is 104 cm³/mol. The van der Waals surface area contributed by atoms with E-state index in [0.717, 1.165) is 22.3 Å². The molecule has 138 valence electrons. The van der Waals surface area contributed by atoms with Crippen LogP contribution in [0.25, 0.3) is 0 Å². The van der Waals surface area contributed by atoms with E-state index in [9.17, 15) is 9.90 Å². The van der Waals surface area contributed by atoms with Crippen molar-refractivity contribution in [2.24, 2.45) is 4.99 Å². The molecule has 2 aromatic carbocycles. The minimum atomic E-state index is -1.14. The zero-order valence-corrected chi connectivity index (χ0v) is 15.4. The fraction of sp³-hybridized carbons (Fsp3) is 0. The van der Waals surface area contributed by atoms with Crippen LogP contribution in [-0.4, -0.2) is 37.6 Å². The molecule has 0 aliphatic carbocycles. The largest absolute Gasteiger partial charge is 0.507 e. The first-order valence-corrected chi connectivity index (χ1v) is 8.34. The summed E-state index contributed by atoms with van der Waals surface area (Å²) in [5.74, 6) is -1.68. The third-order valence-corrected chi connectivity index (χ3v) is 3.70. The molecule has 1 heterocycles. The normalized spacial score (nSPS) is 10.3. The molecule has 0 atom stereocenters. The Morgan fingerprint density at radius 3 is 2.37 bits per heavy atom. The number of carbonyl (C=O) groups is 1. The molecular formula is C19H15BrN2O5. The van der Waals surface area contributed by atoms with Crippen LogP contribution >= 0.6 is 15.9 Å². The number of aliphatic imine (C=N–C) groups is 1. The summed E-state index contributed by atoms with van der Waals surface area (Å²) >= 11 is 3.34. The van der Waals surface area contributed by atoms with Crippen LogP contribution in [0, 0.1) is 0 Å². The van der Waals surface area contributed by atoms with Crippen molar-refractivity contribution in [2.45, 2.75) is 0 Å². The number of carboxylic acid groups (broad SMARTS) is 1. The molecule has 0 saturated heterocycles. The zero-order chi connectivity index (χ0) is 19.8. The van der Waals surface area contributed by atoms with Crippen LogP contribution in [-0.2, 0) is 0 Å². The zero-order valence-electron chi connectivity index (χ0n) is 13.8. The van der Waals surface area contributed by atoms with Crippen LogP contribution < -0.4 is 0 Å². The van der Waals surface area contributed by atoms with E-state index in [-0.39, 0.29) is 17.1 Å². The molecule has 0 radical (unpaired) electrons. The number of phenolic OH excluding ortho intramolecular Hbond substituents is 3. The number of aromatic hydroxyl groups is 3. The second-order valence-electron chi connectivity index (χ2n) is 5.18. The molecule has 0 fully saturated rings. The third-order valence-electron chi connectivity index (χ3n) is 3.21. The minimum absolute atomic E-state index is 0.0553. The molecule has 0 aliphatic heterocycles. The SMILES string of the molecule is O=C(O)c1ccc(O)c(O)c1.Oc1ccc(Br)cc1C=Nc1cccnc1. The number of aromatic carboxylic acids is 1. The first kappa shape index (κ1) is 19.9. The molecule has 3 rings (SSSR count). The lowest BCUT2D eigenvalue weighted by Crippen LogP contribution is -1.94. The number of hydrogen-bond donors (Lipinski definition) is 4. The Balaban J connectivity index is 0.000000208. The van der Waals surface area contributed by atoms with E-state index in [1.807, 2.05) is 12.1 Å². The van der Waals surface area contributed by atoms with Gasteiger partial charge in [-0.05, 0) is 48.5 Å². The number of nitrogens with zero attached hydrogens (tertiary/aromatic N) is 2. The number of benzene rings is 2. The molecule has 8 heteroatoms. The highest BCUT2D eigenvalue weighted by Gasteiger charge is 2.05. The van der Waals surface area contributed by atoms with Gasteiger partial charge in [0.05, 0.1) is 17.4 Å². The molecule has 7 nitrogen and oxygen atoms in total. The number of carboxylic acids is 1. The van der Waals surface area contributed by atoms with E-state index in [1.54, 1.807) is 36.8 Å². The topological polar surface area (TPSA) is 123 Å². The highest BCUT2D eigenvalue weighted by molar-refractivity contribution is 9.10. The van der Waals surface area contributed by atoms with Crippen LogP contribution in [0.1, 0.15) is 15.9 Å². The molecule has 3 aromatic rings. The number of hydrogen-bond acceptors (Lipinski definition) is 6. The van der Waals surface area contributed by atoms with Crippen molar-refractivity contribution in [2.75, 3.05) is 0 Å². The maximum Gasteiger partial charge on any atom is 0.335 e. The Kier molecular flexibility index (Phi) is 6.90. The summed E-state index contributed by atoms with van der Waals surface area (Å²) in [5.41, 5.74) is 1.36. The van der Waals surface area contributed by atoms with Gasteiger partial charge in [0.2, 0.25) is 0 Å². The van der Waals surface area contributed by atoms with Crippen LogP contribution in [0.15, 0.2) is 70.4 Å². The average molecular weight is 431 g/mol. The standard InChI is InChI=1S/C12H9BrN2O.C7H6O4/c13-10-3-4-12(16)9(6-10)7-15-11-2-1-5-14-8-11;8-5-2-1-4(7(10)11)3-6(5)9/h1-8,16H;1-3,8-9H,(H,10,11). The molecule has 0 bridgehead atoms. The van der Waals surface area contributed by atoms with Crippen LogP contribution in [0.5, 0.6) is 17.2 Å². The lowest BCUT2D eigenvalue weighted by atomic mass is 10.2. The molecular weight excluding hydrogens is 416 g/mol. The molecule has 4 N–H and O–H groups in total. The Morgan fingerprint density at radius 2 is 1.74 bits per heavy atom. The van der Waals surface area contributed by atoms with E-state index < -0.39 is 11.7 Å². The molecule has 0 saturated carbocycles. The second kappa shape index (κ2) is 9.35. The number of phenols is 3. The number of aromatic nitrogens is 1. The second-order valence-corrected chi connectivity index (χ2v) is 6.10. The first-order chi connectivity index (χ1) is 12.9. The monoisotopic (exact) mass is 430 g/mol. The van der Waals surface area contributed by atoms with Gasteiger partial charge >= 0.3 is 5.97 Å². The summed E-state index contributed by atoms with van der Waals surface area (Å²) in [7, 11) is 0. The van der Waals surface area contributed by atoms with Gasteiger partial charge in [0.15, 0.2) is 11.5 Å². The van der Waals surface area contributed by atoms with Crippen molar-refractivity contribution in [1.29, 1.82) is 0 Å². The van der Waals surface area contributed by atoms with Crippen molar-refractivity contribution in [1.82, 2.24) is 4.98 Å². The molecule has 0 unspecified atom stereocenters. The van der Waals surface area contributed by atoms with E-state index in [2.05, 4.69) is 25.9 Å². The summed E-state index contributed by atoms with van der Waals surface area (Å²) in [5, 5.41) is 35.6. The van der Waals surface area contributed by atoms with Gasteiger partial charge in [0.25, 0.3) is 0 Å². The van der Waals surface area contributed by atoms with Crippen LogP contribution in [0.2, 0.25) is 0 Å². The first-order valence-electron chi connectivity index (χ1n) is 7.54. The summed E-state index contributed by atoms with van der Waals surface area (Å²) in [6.07, 6.45) is 4.96. The average Bonchev–Trinajstić information content (AvgIpc) is 2.66. The van der Waals surface area contributed by atoms with Crippen molar-refractivity contribution in [3.63, 3.8) is 0 Å². The summed E-state index contributed by atoms with van der Waals surface area (Å²) in [4.78, 5) is 18.4. The summed E-state index contributed by atoms with van der Waals surface area (Å²) < 4.78 is 0.901. The smallest absolute Gasteiger partial charge is 0.335 e. The highest BCUT2D eigenvalue weighted by atomic mass is 79.9. The van der Waals surface area contributed by atoms with Gasteiger partial charge in [-0.15, -0.1) is 0 Å². The minimum Gasteiger partial charge on any atom is -0.507 e. The van der Waals surface area contributed by atoms with Gasteiger partial charge in [-0.2, -0.15) is 0 Å². The molecule has 0 aliphatic rings. The van der Waals surface area contributed by atoms with E-state index in [0.29, 0.717) is 5.56 Å². The highest BCUT2D eigenvalue weighted by Crippen LogP contribution is 2.24. The van der Waals surface area contributed by atoms with Crippen molar-refractivity contribution >= 4 is 33.8 Å². The maximum atomic E-state index is 10.3. The van der Waals surface area contributed by atoms with Gasteiger partial charge in [-0.3, -0.25) is 9.98 Å². The van der Waals surface area contributed by atoms with Gasteiger partial charge in [0.1, 0.15) is 5.75 Å². The summed E-state index contributed by atoms with van der Waals surface area (Å²) in [6.45, 7) is 0. The third kappa shape index (κ3) is 6.12. The van der Waals surface area contributed by atoms with Crippen molar-refractivity contribution < 1.29 is 25.2 Å². The van der Waals surface area contributed by atoms with Gasteiger partial charge in [-0.1, -0.05) is 15.9 Å². The van der Waals surface area contributed by atoms with E-state index in [4.69, 9.17) is 15.3 Å². The Bertz CT molecular complexity index is 962. The van der Waals surface area contributed by atoms with Crippen molar-refractivity contribution in [3.8, 4) is 17.2 Å². The fourth-order valence-corrected chi connectivity index (χ4v) is 2.24. The molecule has 0 spiro atoms. The van der Waals surface area contributed by atoms with Crippen LogP contribution in [0.4, 0.5) is 5.69 Å². The Hall–Kier alpha value is -3.39. The lowest BCUT2D eigenvalue weighted by molar-refractivity contribution is 0.0696. The van der Waals surface area contributed by atoms with Crippen LogP contribution in [0.3, 0.4) is 0 Å². The van der Waals surface area contributed by atoms with Gasteiger partial charge in [-0.25, -0.2) is 4.79 Å². The molecule has 27 heavy (non-hydrogen) atoms.